The lowest BCUT2D eigenvalue weighted by Gasteiger charge is -2.29. The van der Waals surface area contributed by atoms with Gasteiger partial charge in [0.1, 0.15) is 0 Å². The molecule has 1 atom stereocenters. The molecule has 0 bridgehead atoms. The predicted octanol–water partition coefficient (Wildman–Crippen LogP) is 2.11. The maximum Gasteiger partial charge on any atom is 0.00187 e. The van der Waals surface area contributed by atoms with Crippen molar-refractivity contribution < 1.29 is 0 Å². The van der Waals surface area contributed by atoms with E-state index < -0.39 is 0 Å². The summed E-state index contributed by atoms with van der Waals surface area (Å²) in [6.45, 7) is 5.10. The first kappa shape index (κ1) is 11.4. The Morgan fingerprint density at radius 2 is 2.07 bits per heavy atom. The van der Waals surface area contributed by atoms with Crippen LogP contribution in [0.25, 0.3) is 0 Å². The van der Waals surface area contributed by atoms with E-state index in [-0.39, 0.29) is 0 Å². The summed E-state index contributed by atoms with van der Waals surface area (Å²) in [6.07, 6.45) is 8.70. The molecule has 2 rings (SSSR count). The van der Waals surface area contributed by atoms with Crippen molar-refractivity contribution in [3.8, 4) is 0 Å². The largest absolute Gasteiger partial charge is 0.316 e. The van der Waals surface area contributed by atoms with Gasteiger partial charge < -0.3 is 10.2 Å². The van der Waals surface area contributed by atoms with E-state index in [0.717, 1.165) is 11.8 Å². The predicted molar refractivity (Wildman–Crippen MR) is 65.0 cm³/mol. The lowest BCUT2D eigenvalue weighted by atomic mass is 9.98. The van der Waals surface area contributed by atoms with Gasteiger partial charge in [0.25, 0.3) is 0 Å². The standard InChI is InChI=1S/C13H26N2/c1-15-9-3-5-13(11-15)10-14-8-2-4-12-6-7-12/h12-14H,2-11H2,1H3. The minimum Gasteiger partial charge on any atom is -0.316 e. The van der Waals surface area contributed by atoms with Crippen LogP contribution in [-0.2, 0) is 0 Å². The lowest BCUT2D eigenvalue weighted by Crippen LogP contribution is -2.37. The number of rotatable bonds is 6. The zero-order valence-corrected chi connectivity index (χ0v) is 10.2. The van der Waals surface area contributed by atoms with Gasteiger partial charge in [-0.3, -0.25) is 0 Å². The Morgan fingerprint density at radius 3 is 2.80 bits per heavy atom. The molecule has 1 unspecified atom stereocenters. The summed E-state index contributed by atoms with van der Waals surface area (Å²) in [5.74, 6) is 2.01. The normalized spacial score (nSPS) is 28.2. The van der Waals surface area contributed by atoms with Crippen LogP contribution >= 0.6 is 0 Å². The third-order valence-corrected chi connectivity index (χ3v) is 3.82. The first-order valence-electron chi connectivity index (χ1n) is 6.74. The Labute approximate surface area is 94.4 Å². The van der Waals surface area contributed by atoms with Crippen molar-refractivity contribution in [1.29, 1.82) is 0 Å². The van der Waals surface area contributed by atoms with Crippen LogP contribution in [0.5, 0.6) is 0 Å². The Kier molecular flexibility index (Phi) is 4.45. The summed E-state index contributed by atoms with van der Waals surface area (Å²) in [5, 5.41) is 3.63. The highest BCUT2D eigenvalue weighted by molar-refractivity contribution is 4.74. The number of likely N-dealkylation sites (tertiary alicyclic amines) is 1. The third kappa shape index (κ3) is 4.52. The highest BCUT2D eigenvalue weighted by Crippen LogP contribution is 2.33. The van der Waals surface area contributed by atoms with Crippen molar-refractivity contribution >= 4 is 0 Å². The molecule has 1 saturated heterocycles. The first-order chi connectivity index (χ1) is 7.34. The van der Waals surface area contributed by atoms with Crippen molar-refractivity contribution in [2.24, 2.45) is 11.8 Å². The second-order valence-corrected chi connectivity index (χ2v) is 5.56. The van der Waals surface area contributed by atoms with Gasteiger partial charge >= 0.3 is 0 Å². The number of hydrogen-bond donors (Lipinski definition) is 1. The molecule has 0 aromatic rings. The Hall–Kier alpha value is -0.0800. The van der Waals surface area contributed by atoms with Gasteiger partial charge in [0.15, 0.2) is 0 Å². The van der Waals surface area contributed by atoms with E-state index in [1.54, 1.807) is 0 Å². The molecule has 2 aliphatic rings. The molecule has 88 valence electrons. The molecule has 15 heavy (non-hydrogen) atoms. The van der Waals surface area contributed by atoms with Gasteiger partial charge in [-0.2, -0.15) is 0 Å². The van der Waals surface area contributed by atoms with Crippen molar-refractivity contribution in [1.82, 2.24) is 10.2 Å². The number of nitrogens with one attached hydrogen (secondary N) is 1. The fourth-order valence-corrected chi connectivity index (χ4v) is 2.67. The van der Waals surface area contributed by atoms with Crippen LogP contribution in [0, 0.1) is 11.8 Å². The second-order valence-electron chi connectivity index (χ2n) is 5.56. The van der Waals surface area contributed by atoms with E-state index in [1.165, 1.54) is 64.7 Å². The van der Waals surface area contributed by atoms with Gasteiger partial charge in [0, 0.05) is 6.54 Å². The van der Waals surface area contributed by atoms with Gasteiger partial charge in [0.2, 0.25) is 0 Å². The molecule has 1 aliphatic heterocycles. The van der Waals surface area contributed by atoms with Crippen LogP contribution in [-0.4, -0.2) is 38.1 Å². The summed E-state index contributed by atoms with van der Waals surface area (Å²) in [5.41, 5.74) is 0. The molecule has 0 amide bonds. The van der Waals surface area contributed by atoms with E-state index in [9.17, 15) is 0 Å². The second kappa shape index (κ2) is 5.86. The van der Waals surface area contributed by atoms with E-state index in [1.807, 2.05) is 0 Å². The quantitative estimate of drug-likeness (QED) is 0.676. The van der Waals surface area contributed by atoms with Crippen LogP contribution in [0.1, 0.15) is 38.5 Å². The van der Waals surface area contributed by atoms with Gasteiger partial charge in [0.05, 0.1) is 0 Å². The molecular formula is C13H26N2. The molecule has 1 saturated carbocycles. The summed E-state index contributed by atoms with van der Waals surface area (Å²) in [4.78, 5) is 2.47. The molecule has 2 nitrogen and oxygen atoms in total. The highest BCUT2D eigenvalue weighted by atomic mass is 15.1. The van der Waals surface area contributed by atoms with Gasteiger partial charge in [-0.05, 0) is 64.2 Å². The average molecular weight is 210 g/mol. The zero-order chi connectivity index (χ0) is 10.5. The van der Waals surface area contributed by atoms with E-state index in [0.29, 0.717) is 0 Å². The van der Waals surface area contributed by atoms with Crippen molar-refractivity contribution in [2.45, 2.75) is 38.5 Å². The number of nitrogens with zero attached hydrogens (tertiary/aromatic N) is 1. The summed E-state index contributed by atoms with van der Waals surface area (Å²) >= 11 is 0. The van der Waals surface area contributed by atoms with Crippen molar-refractivity contribution in [3.63, 3.8) is 0 Å². The minimum atomic E-state index is 0.907. The Bertz CT molecular complexity index is 177. The van der Waals surface area contributed by atoms with Gasteiger partial charge in [-0.15, -0.1) is 0 Å². The highest BCUT2D eigenvalue weighted by Gasteiger charge is 2.20. The average Bonchev–Trinajstić information content (AvgIpc) is 3.01. The van der Waals surface area contributed by atoms with Crippen LogP contribution in [0.3, 0.4) is 0 Å². The molecule has 2 heteroatoms. The SMILES string of the molecule is CN1CCCC(CNCCCC2CC2)C1. The Morgan fingerprint density at radius 1 is 1.20 bits per heavy atom. The van der Waals surface area contributed by atoms with Crippen LogP contribution in [0.15, 0.2) is 0 Å². The van der Waals surface area contributed by atoms with Gasteiger partial charge in [-0.1, -0.05) is 12.8 Å². The molecule has 0 spiro atoms. The summed E-state index contributed by atoms with van der Waals surface area (Å²) in [7, 11) is 2.25. The van der Waals surface area contributed by atoms with Crippen LogP contribution < -0.4 is 5.32 Å². The first-order valence-corrected chi connectivity index (χ1v) is 6.74. The van der Waals surface area contributed by atoms with Crippen molar-refractivity contribution in [3.05, 3.63) is 0 Å². The summed E-state index contributed by atoms with van der Waals surface area (Å²) < 4.78 is 0. The van der Waals surface area contributed by atoms with E-state index in [2.05, 4.69) is 17.3 Å². The van der Waals surface area contributed by atoms with Gasteiger partial charge in [-0.25, -0.2) is 0 Å². The van der Waals surface area contributed by atoms with E-state index >= 15 is 0 Å². The monoisotopic (exact) mass is 210 g/mol. The lowest BCUT2D eigenvalue weighted by molar-refractivity contribution is 0.206. The maximum atomic E-state index is 3.63. The zero-order valence-electron chi connectivity index (χ0n) is 10.2. The Balaban J connectivity index is 1.45. The molecule has 1 heterocycles. The smallest absolute Gasteiger partial charge is 0.00187 e. The fraction of sp³-hybridized carbons (Fsp3) is 1.00. The number of hydrogen-bond acceptors (Lipinski definition) is 2. The van der Waals surface area contributed by atoms with Crippen LogP contribution in [0.4, 0.5) is 0 Å². The molecule has 1 N–H and O–H groups in total. The molecule has 0 aromatic carbocycles. The molecule has 0 aromatic heterocycles. The molecule has 2 fully saturated rings. The molecule has 1 aliphatic carbocycles. The number of piperidine rings is 1. The maximum absolute atomic E-state index is 3.63. The van der Waals surface area contributed by atoms with Crippen LogP contribution in [0.2, 0.25) is 0 Å². The minimum absolute atomic E-state index is 0.907. The van der Waals surface area contributed by atoms with E-state index in [4.69, 9.17) is 0 Å². The van der Waals surface area contributed by atoms with Crippen molar-refractivity contribution in [2.75, 3.05) is 33.2 Å². The topological polar surface area (TPSA) is 15.3 Å². The fourth-order valence-electron chi connectivity index (χ4n) is 2.67. The third-order valence-electron chi connectivity index (χ3n) is 3.82. The molecule has 0 radical (unpaired) electrons. The summed E-state index contributed by atoms with van der Waals surface area (Å²) in [6, 6.07) is 0. The molecular weight excluding hydrogens is 184 g/mol.